The first kappa shape index (κ1) is 18.4. The van der Waals surface area contributed by atoms with E-state index in [4.69, 9.17) is 4.74 Å². The van der Waals surface area contributed by atoms with Gasteiger partial charge in [0.25, 0.3) is 5.91 Å². The Morgan fingerprint density at radius 3 is 2.14 bits per heavy atom. The molecular weight excluding hydrogens is 362 g/mol. The van der Waals surface area contributed by atoms with E-state index in [1.807, 2.05) is 73.7 Å². The maximum absolute atomic E-state index is 12.5. The molecule has 4 aromatic rings. The van der Waals surface area contributed by atoms with Gasteiger partial charge in [0.05, 0.1) is 0 Å². The van der Waals surface area contributed by atoms with Gasteiger partial charge in [-0.15, -0.1) is 0 Å². The minimum atomic E-state index is -0.145. The minimum absolute atomic E-state index is 0.145. The molecule has 142 valence electrons. The third-order valence-electron chi connectivity index (χ3n) is 4.45. The molecule has 0 saturated heterocycles. The van der Waals surface area contributed by atoms with Gasteiger partial charge in [-0.05, 0) is 48.4 Å². The summed E-state index contributed by atoms with van der Waals surface area (Å²) < 4.78 is 5.61. The largest absolute Gasteiger partial charge is 0.424 e. The van der Waals surface area contributed by atoms with E-state index in [9.17, 15) is 4.79 Å². The zero-order valence-corrected chi connectivity index (χ0v) is 15.9. The van der Waals surface area contributed by atoms with E-state index in [2.05, 4.69) is 15.3 Å². The van der Waals surface area contributed by atoms with Gasteiger partial charge in [-0.2, -0.15) is 0 Å². The number of carbonyl (C=O) groups excluding carboxylic acids is 1. The lowest BCUT2D eigenvalue weighted by Crippen LogP contribution is -2.12. The topological polar surface area (TPSA) is 64.1 Å². The molecule has 0 aliphatic rings. The lowest BCUT2D eigenvalue weighted by Gasteiger charge is -2.09. The number of anilines is 1. The number of nitrogens with zero attached hydrogens (tertiary/aromatic N) is 2. The number of ether oxygens (including phenoxy) is 1. The van der Waals surface area contributed by atoms with Crippen molar-refractivity contribution in [1.29, 1.82) is 0 Å². The zero-order valence-electron chi connectivity index (χ0n) is 15.9. The van der Waals surface area contributed by atoms with Crippen LogP contribution in [-0.2, 0) is 0 Å². The van der Waals surface area contributed by atoms with E-state index in [-0.39, 0.29) is 11.9 Å². The van der Waals surface area contributed by atoms with Gasteiger partial charge in [0.1, 0.15) is 5.75 Å². The van der Waals surface area contributed by atoms with Crippen LogP contribution in [0.1, 0.15) is 15.9 Å². The number of nitrogens with one attached hydrogen (secondary N) is 1. The highest BCUT2D eigenvalue weighted by molar-refractivity contribution is 6.04. The van der Waals surface area contributed by atoms with Crippen LogP contribution in [0.25, 0.3) is 11.1 Å². The molecule has 0 aliphatic heterocycles. The van der Waals surface area contributed by atoms with Gasteiger partial charge in [-0.1, -0.05) is 48.5 Å². The molecule has 0 atom stereocenters. The fourth-order valence-electron chi connectivity index (χ4n) is 2.83. The predicted octanol–water partition coefficient (Wildman–Crippen LogP) is 5.50. The first-order chi connectivity index (χ1) is 14.2. The second-order valence-corrected chi connectivity index (χ2v) is 6.52. The summed E-state index contributed by atoms with van der Waals surface area (Å²) in [6, 6.07) is 24.7. The van der Waals surface area contributed by atoms with Gasteiger partial charge >= 0.3 is 6.01 Å². The van der Waals surface area contributed by atoms with Crippen molar-refractivity contribution >= 4 is 11.6 Å². The summed E-state index contributed by atoms with van der Waals surface area (Å²) in [5.41, 5.74) is 4.18. The van der Waals surface area contributed by atoms with Crippen molar-refractivity contribution in [3.05, 3.63) is 102 Å². The van der Waals surface area contributed by atoms with Gasteiger partial charge < -0.3 is 10.1 Å². The normalized spacial score (nSPS) is 10.4. The molecule has 1 N–H and O–H groups in total. The number of hydrogen-bond acceptors (Lipinski definition) is 4. The number of amides is 1. The Bertz CT molecular complexity index is 1110. The number of aryl methyl sites for hydroxylation is 1. The first-order valence-corrected chi connectivity index (χ1v) is 9.21. The van der Waals surface area contributed by atoms with Gasteiger partial charge in [0.15, 0.2) is 0 Å². The Labute approximate surface area is 169 Å². The highest BCUT2D eigenvalue weighted by Gasteiger charge is 2.09. The number of benzene rings is 3. The second kappa shape index (κ2) is 8.35. The van der Waals surface area contributed by atoms with Crippen molar-refractivity contribution in [2.45, 2.75) is 6.92 Å². The average Bonchev–Trinajstić information content (AvgIpc) is 2.77. The minimum Gasteiger partial charge on any atom is -0.424 e. The van der Waals surface area contributed by atoms with Crippen LogP contribution in [0.2, 0.25) is 0 Å². The zero-order chi connectivity index (χ0) is 20.1. The molecule has 1 heterocycles. The maximum atomic E-state index is 12.5. The Hall–Kier alpha value is -3.99. The Morgan fingerprint density at radius 1 is 0.793 bits per heavy atom. The third-order valence-corrected chi connectivity index (χ3v) is 4.45. The molecule has 0 saturated carbocycles. The van der Waals surface area contributed by atoms with Gasteiger partial charge in [-0.3, -0.25) is 4.79 Å². The van der Waals surface area contributed by atoms with Crippen molar-refractivity contribution in [3.8, 4) is 22.9 Å². The first-order valence-electron chi connectivity index (χ1n) is 9.21. The molecule has 5 heteroatoms. The van der Waals surface area contributed by atoms with E-state index in [0.29, 0.717) is 11.3 Å². The molecule has 1 aromatic heterocycles. The summed E-state index contributed by atoms with van der Waals surface area (Å²) in [6.45, 7) is 1.96. The van der Waals surface area contributed by atoms with E-state index in [1.165, 1.54) is 0 Å². The lowest BCUT2D eigenvalue weighted by atomic mass is 10.1. The average molecular weight is 381 g/mol. The quantitative estimate of drug-likeness (QED) is 0.496. The second-order valence-electron chi connectivity index (χ2n) is 6.52. The summed E-state index contributed by atoms with van der Waals surface area (Å²) in [5.74, 6) is 0.540. The number of aromatic nitrogens is 2. The number of hydrogen-bond donors (Lipinski definition) is 1. The Balaban J connectivity index is 1.45. The molecule has 0 fully saturated rings. The smallest absolute Gasteiger partial charge is 0.321 e. The SMILES string of the molecule is Cc1ccccc1NC(=O)c1ccc(-c2cnc(Oc3ccccc3)nc2)cc1. The Kier molecular flexibility index (Phi) is 5.29. The molecule has 0 radical (unpaired) electrons. The fourth-order valence-corrected chi connectivity index (χ4v) is 2.83. The maximum Gasteiger partial charge on any atom is 0.321 e. The fraction of sp³-hybridized carbons (Fsp3) is 0.0417. The van der Waals surface area contributed by atoms with Crippen molar-refractivity contribution in [2.24, 2.45) is 0 Å². The molecule has 29 heavy (non-hydrogen) atoms. The van der Waals surface area contributed by atoms with E-state index in [0.717, 1.165) is 22.4 Å². The summed E-state index contributed by atoms with van der Waals surface area (Å²) >= 11 is 0. The summed E-state index contributed by atoms with van der Waals surface area (Å²) in [7, 11) is 0. The van der Waals surface area contributed by atoms with Crippen LogP contribution in [0.4, 0.5) is 5.69 Å². The van der Waals surface area contributed by atoms with Gasteiger partial charge in [0.2, 0.25) is 0 Å². The van der Waals surface area contributed by atoms with Crippen LogP contribution in [0, 0.1) is 6.92 Å². The highest BCUT2D eigenvalue weighted by atomic mass is 16.5. The van der Waals surface area contributed by atoms with Crippen LogP contribution in [-0.4, -0.2) is 15.9 Å². The van der Waals surface area contributed by atoms with Crippen LogP contribution < -0.4 is 10.1 Å². The molecule has 5 nitrogen and oxygen atoms in total. The van der Waals surface area contributed by atoms with E-state index < -0.39 is 0 Å². The highest BCUT2D eigenvalue weighted by Crippen LogP contribution is 2.22. The molecule has 0 aliphatic carbocycles. The van der Waals surface area contributed by atoms with Gasteiger partial charge in [-0.25, -0.2) is 9.97 Å². The van der Waals surface area contributed by atoms with Crippen LogP contribution >= 0.6 is 0 Å². The molecule has 0 bridgehead atoms. The molecule has 4 rings (SSSR count). The molecule has 0 unspecified atom stereocenters. The van der Waals surface area contributed by atoms with Crippen molar-refractivity contribution in [3.63, 3.8) is 0 Å². The monoisotopic (exact) mass is 381 g/mol. The molecule has 1 amide bonds. The molecule has 3 aromatic carbocycles. The predicted molar refractivity (Wildman–Crippen MR) is 113 cm³/mol. The summed E-state index contributed by atoms with van der Waals surface area (Å²) in [4.78, 5) is 21.0. The van der Waals surface area contributed by atoms with Crippen molar-refractivity contribution in [2.75, 3.05) is 5.32 Å². The summed E-state index contributed by atoms with van der Waals surface area (Å²) in [5, 5.41) is 2.94. The van der Waals surface area contributed by atoms with Crippen molar-refractivity contribution in [1.82, 2.24) is 9.97 Å². The van der Waals surface area contributed by atoms with Crippen LogP contribution in [0.5, 0.6) is 11.8 Å². The lowest BCUT2D eigenvalue weighted by molar-refractivity contribution is 0.102. The Morgan fingerprint density at radius 2 is 1.45 bits per heavy atom. The molecular formula is C24H19N3O2. The van der Waals surface area contributed by atoms with Gasteiger partial charge in [0, 0.05) is 29.2 Å². The van der Waals surface area contributed by atoms with E-state index >= 15 is 0 Å². The third kappa shape index (κ3) is 4.47. The van der Waals surface area contributed by atoms with Crippen LogP contribution in [0.3, 0.4) is 0 Å². The van der Waals surface area contributed by atoms with E-state index in [1.54, 1.807) is 24.5 Å². The van der Waals surface area contributed by atoms with Crippen molar-refractivity contribution < 1.29 is 9.53 Å². The summed E-state index contributed by atoms with van der Waals surface area (Å²) in [6.07, 6.45) is 3.40. The number of carbonyl (C=O) groups is 1. The number of para-hydroxylation sites is 2. The van der Waals surface area contributed by atoms with Crippen LogP contribution in [0.15, 0.2) is 91.3 Å². The molecule has 0 spiro atoms. The standard InChI is InChI=1S/C24H19N3O2/c1-17-7-5-6-10-22(17)27-23(28)19-13-11-18(12-14-19)20-15-25-24(26-16-20)29-21-8-3-2-4-9-21/h2-16H,1H3,(H,27,28). The number of rotatable bonds is 5.